The van der Waals surface area contributed by atoms with Gasteiger partial charge in [0.1, 0.15) is 0 Å². The molecule has 0 heterocycles. The minimum atomic E-state index is -0.0290. The Morgan fingerprint density at radius 1 is 1.14 bits per heavy atom. The highest BCUT2D eigenvalue weighted by molar-refractivity contribution is 9.10. The number of carbonyl (C=O) groups excluding carboxylic acids is 1. The lowest BCUT2D eigenvalue weighted by Crippen LogP contribution is -2.28. The molecular formula is C17H19BrN2O. The Bertz CT molecular complexity index is 586. The number of para-hydroxylation sites is 1. The molecule has 1 amide bonds. The van der Waals surface area contributed by atoms with Crippen LogP contribution in [0.4, 0.5) is 5.69 Å². The van der Waals surface area contributed by atoms with Crippen molar-refractivity contribution in [3.05, 3.63) is 64.6 Å². The molecule has 2 aromatic carbocycles. The van der Waals surface area contributed by atoms with E-state index in [1.54, 1.807) is 0 Å². The van der Waals surface area contributed by atoms with Crippen LogP contribution in [0.25, 0.3) is 0 Å². The van der Waals surface area contributed by atoms with Crippen LogP contribution >= 0.6 is 15.9 Å². The van der Waals surface area contributed by atoms with Gasteiger partial charge in [0.15, 0.2) is 0 Å². The predicted molar refractivity (Wildman–Crippen MR) is 90.8 cm³/mol. The second-order valence-corrected chi connectivity index (χ2v) is 5.79. The van der Waals surface area contributed by atoms with Gasteiger partial charge in [0.05, 0.1) is 0 Å². The maximum atomic E-state index is 12.0. The number of carbonyl (C=O) groups is 1. The maximum Gasteiger partial charge on any atom is 0.251 e. The number of halogens is 1. The SMILES string of the molecule is CN(CCCNC(=O)c1cccc(Br)c1)c1ccccc1. The van der Waals surface area contributed by atoms with Crippen LogP contribution in [0, 0.1) is 0 Å². The fourth-order valence-electron chi connectivity index (χ4n) is 2.06. The van der Waals surface area contributed by atoms with Crippen LogP contribution in [0.5, 0.6) is 0 Å². The Kier molecular flexibility index (Phi) is 5.81. The summed E-state index contributed by atoms with van der Waals surface area (Å²) < 4.78 is 0.916. The fraction of sp³-hybridized carbons (Fsp3) is 0.235. The highest BCUT2D eigenvalue weighted by Gasteiger charge is 2.05. The Labute approximate surface area is 134 Å². The van der Waals surface area contributed by atoms with E-state index >= 15 is 0 Å². The Morgan fingerprint density at radius 2 is 1.90 bits per heavy atom. The molecule has 0 fully saturated rings. The van der Waals surface area contributed by atoms with Crippen LogP contribution in [-0.4, -0.2) is 26.0 Å². The van der Waals surface area contributed by atoms with Crippen molar-refractivity contribution in [2.24, 2.45) is 0 Å². The zero-order valence-electron chi connectivity index (χ0n) is 12.1. The first-order chi connectivity index (χ1) is 10.2. The third-order valence-electron chi connectivity index (χ3n) is 3.24. The van der Waals surface area contributed by atoms with Crippen molar-refractivity contribution in [2.75, 3.05) is 25.0 Å². The van der Waals surface area contributed by atoms with Gasteiger partial charge in [0, 0.05) is 35.9 Å². The number of hydrogen-bond donors (Lipinski definition) is 1. The summed E-state index contributed by atoms with van der Waals surface area (Å²) in [5.41, 5.74) is 1.87. The minimum absolute atomic E-state index is 0.0290. The molecule has 0 aliphatic rings. The second-order valence-electron chi connectivity index (χ2n) is 4.88. The summed E-state index contributed by atoms with van der Waals surface area (Å²) in [6.07, 6.45) is 0.908. The smallest absolute Gasteiger partial charge is 0.251 e. The molecule has 1 N–H and O–H groups in total. The van der Waals surface area contributed by atoms with E-state index in [-0.39, 0.29) is 5.91 Å². The molecule has 0 unspecified atom stereocenters. The average Bonchev–Trinajstić information content (AvgIpc) is 2.52. The van der Waals surface area contributed by atoms with E-state index in [1.807, 2.05) is 42.5 Å². The molecule has 3 nitrogen and oxygen atoms in total. The monoisotopic (exact) mass is 346 g/mol. The molecule has 0 aliphatic heterocycles. The van der Waals surface area contributed by atoms with E-state index in [1.165, 1.54) is 5.69 Å². The largest absolute Gasteiger partial charge is 0.375 e. The average molecular weight is 347 g/mol. The fourth-order valence-corrected chi connectivity index (χ4v) is 2.46. The summed E-state index contributed by atoms with van der Waals surface area (Å²) in [5.74, 6) is -0.0290. The molecule has 0 saturated heterocycles. The summed E-state index contributed by atoms with van der Waals surface area (Å²) in [5, 5.41) is 2.95. The molecule has 0 spiro atoms. The normalized spacial score (nSPS) is 10.2. The van der Waals surface area contributed by atoms with Gasteiger partial charge >= 0.3 is 0 Å². The number of nitrogens with zero attached hydrogens (tertiary/aromatic N) is 1. The predicted octanol–water partition coefficient (Wildman–Crippen LogP) is 3.71. The van der Waals surface area contributed by atoms with E-state index in [0.29, 0.717) is 12.1 Å². The zero-order valence-corrected chi connectivity index (χ0v) is 13.6. The van der Waals surface area contributed by atoms with Crippen molar-refractivity contribution in [1.29, 1.82) is 0 Å². The first-order valence-electron chi connectivity index (χ1n) is 6.97. The molecular weight excluding hydrogens is 328 g/mol. The molecule has 2 rings (SSSR count). The van der Waals surface area contributed by atoms with Crippen LogP contribution in [0.3, 0.4) is 0 Å². The van der Waals surface area contributed by atoms with Crippen LogP contribution in [0.15, 0.2) is 59.1 Å². The molecule has 0 bridgehead atoms. The van der Waals surface area contributed by atoms with E-state index < -0.39 is 0 Å². The summed E-state index contributed by atoms with van der Waals surface area (Å²) in [6.45, 7) is 1.57. The van der Waals surface area contributed by atoms with E-state index in [9.17, 15) is 4.79 Å². The molecule has 0 aliphatic carbocycles. The highest BCUT2D eigenvalue weighted by atomic mass is 79.9. The van der Waals surface area contributed by atoms with Crippen LogP contribution in [-0.2, 0) is 0 Å². The number of anilines is 1. The molecule has 2 aromatic rings. The van der Waals surface area contributed by atoms with E-state index in [2.05, 4.69) is 45.3 Å². The molecule has 0 radical (unpaired) electrons. The zero-order chi connectivity index (χ0) is 15.1. The topological polar surface area (TPSA) is 32.3 Å². The summed E-state index contributed by atoms with van der Waals surface area (Å²) >= 11 is 3.37. The molecule has 0 atom stereocenters. The van der Waals surface area contributed by atoms with Crippen LogP contribution in [0.1, 0.15) is 16.8 Å². The standard InChI is InChI=1S/C17H19BrN2O/c1-20(16-9-3-2-4-10-16)12-6-11-19-17(21)14-7-5-8-15(18)13-14/h2-5,7-10,13H,6,11-12H2,1H3,(H,19,21). The lowest BCUT2D eigenvalue weighted by Gasteiger charge is -2.19. The Morgan fingerprint density at radius 3 is 2.62 bits per heavy atom. The first kappa shape index (κ1) is 15.6. The number of nitrogens with one attached hydrogen (secondary N) is 1. The van der Waals surface area contributed by atoms with Gasteiger partial charge in [-0.25, -0.2) is 0 Å². The lowest BCUT2D eigenvalue weighted by molar-refractivity contribution is 0.0953. The Hall–Kier alpha value is -1.81. The number of hydrogen-bond acceptors (Lipinski definition) is 2. The van der Waals surface area contributed by atoms with Gasteiger partial charge in [-0.3, -0.25) is 4.79 Å². The summed E-state index contributed by atoms with van der Waals surface area (Å²) in [6, 6.07) is 17.6. The minimum Gasteiger partial charge on any atom is -0.375 e. The van der Waals surface area contributed by atoms with Crippen molar-refractivity contribution < 1.29 is 4.79 Å². The van der Waals surface area contributed by atoms with Gasteiger partial charge < -0.3 is 10.2 Å². The van der Waals surface area contributed by atoms with Crippen molar-refractivity contribution >= 4 is 27.5 Å². The van der Waals surface area contributed by atoms with E-state index in [4.69, 9.17) is 0 Å². The third-order valence-corrected chi connectivity index (χ3v) is 3.73. The number of rotatable bonds is 6. The van der Waals surface area contributed by atoms with Gasteiger partial charge in [-0.1, -0.05) is 40.2 Å². The van der Waals surface area contributed by atoms with Crippen LogP contribution < -0.4 is 10.2 Å². The molecule has 21 heavy (non-hydrogen) atoms. The van der Waals surface area contributed by atoms with Gasteiger partial charge in [-0.2, -0.15) is 0 Å². The van der Waals surface area contributed by atoms with Crippen molar-refractivity contribution in [3.8, 4) is 0 Å². The molecule has 0 aromatic heterocycles. The van der Waals surface area contributed by atoms with Crippen molar-refractivity contribution in [2.45, 2.75) is 6.42 Å². The van der Waals surface area contributed by atoms with Crippen molar-refractivity contribution in [1.82, 2.24) is 5.32 Å². The van der Waals surface area contributed by atoms with Crippen molar-refractivity contribution in [3.63, 3.8) is 0 Å². The van der Waals surface area contributed by atoms with Gasteiger partial charge in [0.2, 0.25) is 0 Å². The molecule has 0 saturated carbocycles. The lowest BCUT2D eigenvalue weighted by atomic mass is 10.2. The van der Waals surface area contributed by atoms with Crippen LogP contribution in [0.2, 0.25) is 0 Å². The summed E-state index contributed by atoms with van der Waals surface area (Å²) in [4.78, 5) is 14.2. The number of amides is 1. The quantitative estimate of drug-likeness (QED) is 0.808. The third kappa shape index (κ3) is 4.90. The molecule has 110 valence electrons. The van der Waals surface area contributed by atoms with E-state index in [0.717, 1.165) is 17.4 Å². The van der Waals surface area contributed by atoms with Gasteiger partial charge in [-0.05, 0) is 36.8 Å². The first-order valence-corrected chi connectivity index (χ1v) is 7.76. The highest BCUT2D eigenvalue weighted by Crippen LogP contribution is 2.12. The maximum absolute atomic E-state index is 12.0. The Balaban J connectivity index is 1.74. The second kappa shape index (κ2) is 7.84. The van der Waals surface area contributed by atoms with Gasteiger partial charge in [-0.15, -0.1) is 0 Å². The summed E-state index contributed by atoms with van der Waals surface area (Å²) in [7, 11) is 2.06. The molecule has 4 heteroatoms. The van der Waals surface area contributed by atoms with Gasteiger partial charge in [0.25, 0.3) is 5.91 Å². The number of benzene rings is 2.